The van der Waals surface area contributed by atoms with Crippen molar-refractivity contribution in [1.29, 1.82) is 0 Å². The monoisotopic (exact) mass is 231 g/mol. The molecule has 0 aromatic carbocycles. The van der Waals surface area contributed by atoms with E-state index in [4.69, 9.17) is 11.6 Å². The second-order valence-electron chi connectivity index (χ2n) is 4.64. The molecule has 88 valence electrons. The SMILES string of the molecule is CC(C(=O)N(C)CCCCCCl)C1CC1. The molecule has 0 spiro atoms. The predicted octanol–water partition coefficient (Wildman–Crippen LogP) is 2.90. The van der Waals surface area contributed by atoms with Crippen molar-refractivity contribution in [3.05, 3.63) is 0 Å². The van der Waals surface area contributed by atoms with Gasteiger partial charge in [0.15, 0.2) is 0 Å². The summed E-state index contributed by atoms with van der Waals surface area (Å²) in [5.41, 5.74) is 0. The van der Waals surface area contributed by atoms with Crippen LogP contribution < -0.4 is 0 Å². The molecule has 0 aliphatic heterocycles. The summed E-state index contributed by atoms with van der Waals surface area (Å²) >= 11 is 5.60. The third-order valence-electron chi connectivity index (χ3n) is 3.22. The Morgan fingerprint density at radius 1 is 1.40 bits per heavy atom. The Labute approximate surface area is 98.0 Å². The van der Waals surface area contributed by atoms with Crippen LogP contribution in [0, 0.1) is 11.8 Å². The van der Waals surface area contributed by atoms with Crippen LogP contribution in [0.1, 0.15) is 39.0 Å². The molecule has 1 aliphatic rings. The van der Waals surface area contributed by atoms with Gasteiger partial charge in [-0.3, -0.25) is 4.79 Å². The van der Waals surface area contributed by atoms with E-state index in [1.165, 1.54) is 12.8 Å². The largest absolute Gasteiger partial charge is 0.346 e. The zero-order valence-corrected chi connectivity index (χ0v) is 10.6. The summed E-state index contributed by atoms with van der Waals surface area (Å²) in [4.78, 5) is 13.8. The highest BCUT2D eigenvalue weighted by molar-refractivity contribution is 6.17. The molecular weight excluding hydrogens is 210 g/mol. The van der Waals surface area contributed by atoms with E-state index in [2.05, 4.69) is 6.92 Å². The maximum atomic E-state index is 11.9. The van der Waals surface area contributed by atoms with E-state index in [1.807, 2.05) is 11.9 Å². The third-order valence-corrected chi connectivity index (χ3v) is 3.49. The Kier molecular flexibility index (Phi) is 5.44. The number of carbonyl (C=O) groups excluding carboxylic acids is 1. The molecule has 1 rings (SSSR count). The van der Waals surface area contributed by atoms with Gasteiger partial charge in [0.25, 0.3) is 0 Å². The average Bonchev–Trinajstić information content (AvgIpc) is 3.05. The molecule has 1 saturated carbocycles. The fourth-order valence-electron chi connectivity index (χ4n) is 1.88. The van der Waals surface area contributed by atoms with Gasteiger partial charge in [0, 0.05) is 25.4 Å². The normalized spacial score (nSPS) is 17.5. The van der Waals surface area contributed by atoms with Gasteiger partial charge in [0.05, 0.1) is 0 Å². The van der Waals surface area contributed by atoms with Crippen LogP contribution in [0.15, 0.2) is 0 Å². The number of nitrogens with zero attached hydrogens (tertiary/aromatic N) is 1. The van der Waals surface area contributed by atoms with Gasteiger partial charge in [-0.15, -0.1) is 11.6 Å². The lowest BCUT2D eigenvalue weighted by Gasteiger charge is -2.21. The van der Waals surface area contributed by atoms with Crippen LogP contribution in [0.25, 0.3) is 0 Å². The molecule has 2 nitrogen and oxygen atoms in total. The Morgan fingerprint density at radius 2 is 2.07 bits per heavy atom. The number of alkyl halides is 1. The first-order valence-corrected chi connectivity index (χ1v) is 6.51. The molecular formula is C12H22ClNO. The highest BCUT2D eigenvalue weighted by Crippen LogP contribution is 2.37. The van der Waals surface area contributed by atoms with Crippen LogP contribution in [0.3, 0.4) is 0 Å². The molecule has 0 bridgehead atoms. The van der Waals surface area contributed by atoms with Crippen LogP contribution in [0.5, 0.6) is 0 Å². The predicted molar refractivity (Wildman–Crippen MR) is 64.1 cm³/mol. The van der Waals surface area contributed by atoms with Crippen molar-refractivity contribution in [3.63, 3.8) is 0 Å². The highest BCUT2D eigenvalue weighted by Gasteiger charge is 2.33. The van der Waals surface area contributed by atoms with Gasteiger partial charge in [0.1, 0.15) is 0 Å². The van der Waals surface area contributed by atoms with E-state index in [0.29, 0.717) is 11.8 Å². The van der Waals surface area contributed by atoms with E-state index >= 15 is 0 Å². The summed E-state index contributed by atoms with van der Waals surface area (Å²) in [6.45, 7) is 2.95. The first-order chi connectivity index (χ1) is 7.16. The minimum Gasteiger partial charge on any atom is -0.346 e. The van der Waals surface area contributed by atoms with E-state index in [-0.39, 0.29) is 5.92 Å². The van der Waals surface area contributed by atoms with Gasteiger partial charge in [-0.1, -0.05) is 13.3 Å². The maximum absolute atomic E-state index is 11.9. The zero-order valence-electron chi connectivity index (χ0n) is 9.84. The number of hydrogen-bond acceptors (Lipinski definition) is 1. The third kappa shape index (κ3) is 4.42. The van der Waals surface area contributed by atoms with Crippen LogP contribution in [-0.4, -0.2) is 30.3 Å². The summed E-state index contributed by atoms with van der Waals surface area (Å²) in [6.07, 6.45) is 5.74. The number of amides is 1. The molecule has 1 atom stereocenters. The van der Waals surface area contributed by atoms with Crippen molar-refractivity contribution in [2.75, 3.05) is 19.5 Å². The van der Waals surface area contributed by atoms with Gasteiger partial charge in [0.2, 0.25) is 5.91 Å². The molecule has 0 radical (unpaired) electrons. The van der Waals surface area contributed by atoms with E-state index in [0.717, 1.165) is 31.7 Å². The Morgan fingerprint density at radius 3 is 2.60 bits per heavy atom. The van der Waals surface area contributed by atoms with Crippen molar-refractivity contribution in [1.82, 2.24) is 4.90 Å². The fraction of sp³-hybridized carbons (Fsp3) is 0.917. The minimum absolute atomic E-state index is 0.239. The average molecular weight is 232 g/mol. The zero-order chi connectivity index (χ0) is 11.3. The molecule has 0 saturated heterocycles. The summed E-state index contributed by atoms with van der Waals surface area (Å²) in [5.74, 6) is 1.96. The highest BCUT2D eigenvalue weighted by atomic mass is 35.5. The number of carbonyl (C=O) groups is 1. The van der Waals surface area contributed by atoms with Crippen LogP contribution >= 0.6 is 11.6 Å². The molecule has 15 heavy (non-hydrogen) atoms. The molecule has 0 N–H and O–H groups in total. The van der Waals surface area contributed by atoms with Gasteiger partial charge in [-0.05, 0) is 31.6 Å². The fourth-order valence-corrected chi connectivity index (χ4v) is 2.06. The standard InChI is InChI=1S/C12H22ClNO/c1-10(11-6-7-11)12(15)14(2)9-5-3-4-8-13/h10-11H,3-9H2,1-2H3. The van der Waals surface area contributed by atoms with Crippen molar-refractivity contribution >= 4 is 17.5 Å². The van der Waals surface area contributed by atoms with Crippen LogP contribution in [0.2, 0.25) is 0 Å². The van der Waals surface area contributed by atoms with E-state index in [9.17, 15) is 4.79 Å². The number of hydrogen-bond donors (Lipinski definition) is 0. The quantitative estimate of drug-likeness (QED) is 0.488. The lowest BCUT2D eigenvalue weighted by atomic mass is 10.1. The second-order valence-corrected chi connectivity index (χ2v) is 5.01. The lowest BCUT2D eigenvalue weighted by Crippen LogP contribution is -2.33. The molecule has 1 unspecified atom stereocenters. The van der Waals surface area contributed by atoms with Crippen molar-refractivity contribution in [3.8, 4) is 0 Å². The van der Waals surface area contributed by atoms with Crippen LogP contribution in [0.4, 0.5) is 0 Å². The lowest BCUT2D eigenvalue weighted by molar-refractivity contribution is -0.134. The molecule has 1 aliphatic carbocycles. The number of rotatable bonds is 7. The molecule has 0 aromatic heterocycles. The Hall–Kier alpha value is -0.240. The second kappa shape index (κ2) is 6.37. The number of halogens is 1. The smallest absolute Gasteiger partial charge is 0.225 e. The summed E-state index contributed by atoms with van der Waals surface area (Å²) in [6, 6.07) is 0. The Balaban J connectivity index is 2.14. The van der Waals surface area contributed by atoms with E-state index < -0.39 is 0 Å². The molecule has 3 heteroatoms. The first-order valence-electron chi connectivity index (χ1n) is 5.97. The molecule has 0 aromatic rings. The van der Waals surface area contributed by atoms with E-state index in [1.54, 1.807) is 0 Å². The topological polar surface area (TPSA) is 20.3 Å². The van der Waals surface area contributed by atoms with Gasteiger partial charge in [-0.25, -0.2) is 0 Å². The minimum atomic E-state index is 0.239. The summed E-state index contributed by atoms with van der Waals surface area (Å²) in [5, 5.41) is 0. The van der Waals surface area contributed by atoms with Gasteiger partial charge >= 0.3 is 0 Å². The van der Waals surface area contributed by atoms with Crippen molar-refractivity contribution in [2.24, 2.45) is 11.8 Å². The Bertz CT molecular complexity index is 204. The molecule has 0 heterocycles. The summed E-state index contributed by atoms with van der Waals surface area (Å²) < 4.78 is 0. The molecule has 1 amide bonds. The van der Waals surface area contributed by atoms with Crippen LogP contribution in [-0.2, 0) is 4.79 Å². The maximum Gasteiger partial charge on any atom is 0.225 e. The van der Waals surface area contributed by atoms with Crippen molar-refractivity contribution < 1.29 is 4.79 Å². The molecule has 1 fully saturated rings. The first kappa shape index (κ1) is 12.8. The van der Waals surface area contributed by atoms with Gasteiger partial charge in [-0.2, -0.15) is 0 Å². The van der Waals surface area contributed by atoms with Crippen molar-refractivity contribution in [2.45, 2.75) is 39.0 Å². The van der Waals surface area contributed by atoms with Gasteiger partial charge < -0.3 is 4.90 Å². The number of unbranched alkanes of at least 4 members (excludes halogenated alkanes) is 2. The summed E-state index contributed by atoms with van der Waals surface area (Å²) in [7, 11) is 1.92.